The van der Waals surface area contributed by atoms with E-state index >= 15 is 0 Å². The van der Waals surface area contributed by atoms with Gasteiger partial charge in [-0.05, 0) is 0 Å². The van der Waals surface area contributed by atoms with Crippen LogP contribution in [0.1, 0.15) is 0 Å². The van der Waals surface area contributed by atoms with E-state index in [4.69, 9.17) is 0 Å². The lowest BCUT2D eigenvalue weighted by molar-refractivity contribution is 0.824. The average molecular weight is 133 g/mol. The molecule has 0 heterocycles. The Kier molecular flexibility index (Phi) is 8.45. The van der Waals surface area contributed by atoms with Gasteiger partial charge in [0.2, 0.25) is 0 Å². The maximum absolute atomic E-state index is 2.00. The highest BCUT2D eigenvalue weighted by Gasteiger charge is 1.57. The Bertz CT molecular complexity index is 80.5. The summed E-state index contributed by atoms with van der Waals surface area (Å²) >= 11 is 0. The SMILES string of the molecule is Cl.O.c1ccccc1. The van der Waals surface area contributed by atoms with Crippen LogP contribution in [-0.4, -0.2) is 5.48 Å². The topological polar surface area (TPSA) is 31.5 Å². The lowest BCUT2D eigenvalue weighted by Gasteiger charge is -1.69. The molecule has 0 unspecified atom stereocenters. The fraction of sp³-hybridized carbons (Fsp3) is 0. The van der Waals surface area contributed by atoms with Crippen molar-refractivity contribution in [3.05, 3.63) is 36.4 Å². The van der Waals surface area contributed by atoms with Crippen LogP contribution in [0.15, 0.2) is 36.4 Å². The minimum Gasteiger partial charge on any atom is -0.412 e. The molecular weight excluding hydrogens is 124 g/mol. The highest BCUT2D eigenvalue weighted by atomic mass is 35.5. The Balaban J connectivity index is 0. The first-order valence-electron chi connectivity index (χ1n) is 2.00. The zero-order chi connectivity index (χ0) is 4.24. The van der Waals surface area contributed by atoms with Gasteiger partial charge >= 0.3 is 0 Å². The summed E-state index contributed by atoms with van der Waals surface area (Å²) in [5.74, 6) is 0. The van der Waals surface area contributed by atoms with E-state index in [9.17, 15) is 0 Å². The first-order valence-corrected chi connectivity index (χ1v) is 2.00. The molecule has 0 saturated carbocycles. The van der Waals surface area contributed by atoms with Crippen molar-refractivity contribution in [3.63, 3.8) is 0 Å². The van der Waals surface area contributed by atoms with Crippen LogP contribution in [0.3, 0.4) is 0 Å². The molecule has 0 aromatic heterocycles. The monoisotopic (exact) mass is 132 g/mol. The van der Waals surface area contributed by atoms with Gasteiger partial charge in [0.05, 0.1) is 0 Å². The van der Waals surface area contributed by atoms with Gasteiger partial charge in [0, 0.05) is 0 Å². The van der Waals surface area contributed by atoms with E-state index in [-0.39, 0.29) is 17.9 Å². The molecule has 0 amide bonds. The molecule has 1 nitrogen and oxygen atoms in total. The minimum absolute atomic E-state index is 0. The average Bonchev–Trinajstić information content (AvgIpc) is 1.72. The van der Waals surface area contributed by atoms with E-state index in [1.165, 1.54) is 0 Å². The second-order valence-electron chi connectivity index (χ2n) is 1.15. The van der Waals surface area contributed by atoms with Gasteiger partial charge in [-0.25, -0.2) is 0 Å². The molecule has 0 atom stereocenters. The van der Waals surface area contributed by atoms with Gasteiger partial charge in [0.25, 0.3) is 0 Å². The lowest BCUT2D eigenvalue weighted by Crippen LogP contribution is -1.47. The van der Waals surface area contributed by atoms with Crippen LogP contribution < -0.4 is 0 Å². The van der Waals surface area contributed by atoms with Crippen molar-refractivity contribution in [2.24, 2.45) is 0 Å². The fourth-order valence-corrected chi connectivity index (χ4v) is 0.385. The highest BCUT2D eigenvalue weighted by Crippen LogP contribution is 1.79. The normalized spacial score (nSPS) is 6.00. The number of hydrogen-bond acceptors (Lipinski definition) is 0. The third-order valence-corrected chi connectivity index (χ3v) is 0.667. The van der Waals surface area contributed by atoms with Gasteiger partial charge in [-0.15, -0.1) is 12.4 Å². The van der Waals surface area contributed by atoms with Crippen molar-refractivity contribution in [3.8, 4) is 0 Å². The van der Waals surface area contributed by atoms with E-state index in [1.54, 1.807) is 0 Å². The van der Waals surface area contributed by atoms with Gasteiger partial charge in [0.15, 0.2) is 0 Å². The Morgan fingerprint density at radius 1 is 0.500 bits per heavy atom. The van der Waals surface area contributed by atoms with Crippen molar-refractivity contribution in [1.29, 1.82) is 0 Å². The fourth-order valence-electron chi connectivity index (χ4n) is 0.385. The first-order chi connectivity index (χ1) is 3.00. The van der Waals surface area contributed by atoms with Crippen LogP contribution in [0, 0.1) is 0 Å². The van der Waals surface area contributed by atoms with Crippen molar-refractivity contribution in [1.82, 2.24) is 0 Å². The molecule has 1 rings (SSSR count). The standard InChI is InChI=1S/C6H6.ClH.H2O/c1-2-4-6-5-3-1;;/h1-6H;1H;1H2. The summed E-state index contributed by atoms with van der Waals surface area (Å²) < 4.78 is 0. The maximum Gasteiger partial charge on any atom is -0.0623 e. The van der Waals surface area contributed by atoms with Crippen LogP contribution in [0.2, 0.25) is 0 Å². The van der Waals surface area contributed by atoms with Crippen LogP contribution in [0.25, 0.3) is 0 Å². The van der Waals surface area contributed by atoms with Crippen molar-refractivity contribution in [2.75, 3.05) is 0 Å². The minimum atomic E-state index is 0. The van der Waals surface area contributed by atoms with Gasteiger partial charge < -0.3 is 5.48 Å². The Hall–Kier alpha value is -0.530. The van der Waals surface area contributed by atoms with Crippen LogP contribution >= 0.6 is 12.4 Å². The summed E-state index contributed by atoms with van der Waals surface area (Å²) in [5, 5.41) is 0. The molecule has 2 N–H and O–H groups in total. The predicted octanol–water partition coefficient (Wildman–Crippen LogP) is 1.28. The summed E-state index contributed by atoms with van der Waals surface area (Å²) in [4.78, 5) is 0. The molecule has 1 aromatic rings. The molecule has 0 spiro atoms. The largest absolute Gasteiger partial charge is 0.412 e. The van der Waals surface area contributed by atoms with Gasteiger partial charge in [-0.3, -0.25) is 0 Å². The maximum atomic E-state index is 2.00. The molecular formula is C6H9ClO. The lowest BCUT2D eigenvalue weighted by atomic mass is 10.4. The molecule has 0 saturated heterocycles. The summed E-state index contributed by atoms with van der Waals surface area (Å²) in [6.07, 6.45) is 0. The molecule has 0 radical (unpaired) electrons. The van der Waals surface area contributed by atoms with Crippen molar-refractivity contribution in [2.45, 2.75) is 0 Å². The molecule has 0 aliphatic heterocycles. The van der Waals surface area contributed by atoms with Crippen LogP contribution in [0.4, 0.5) is 0 Å². The van der Waals surface area contributed by atoms with Gasteiger partial charge in [-0.2, -0.15) is 0 Å². The molecule has 0 fully saturated rings. The molecule has 1 aromatic carbocycles. The van der Waals surface area contributed by atoms with E-state index in [2.05, 4.69) is 0 Å². The van der Waals surface area contributed by atoms with E-state index in [1.807, 2.05) is 36.4 Å². The summed E-state index contributed by atoms with van der Waals surface area (Å²) in [6.45, 7) is 0. The van der Waals surface area contributed by atoms with Crippen molar-refractivity contribution < 1.29 is 5.48 Å². The van der Waals surface area contributed by atoms with Gasteiger partial charge in [-0.1, -0.05) is 36.4 Å². The third kappa shape index (κ3) is 3.65. The van der Waals surface area contributed by atoms with E-state index < -0.39 is 0 Å². The summed E-state index contributed by atoms with van der Waals surface area (Å²) in [7, 11) is 0. The number of halogens is 1. The van der Waals surface area contributed by atoms with Gasteiger partial charge in [0.1, 0.15) is 0 Å². The molecule has 46 valence electrons. The molecule has 2 heteroatoms. The summed E-state index contributed by atoms with van der Waals surface area (Å²) in [5.41, 5.74) is 0. The second kappa shape index (κ2) is 6.47. The Morgan fingerprint density at radius 3 is 0.750 bits per heavy atom. The quantitative estimate of drug-likeness (QED) is 0.510. The van der Waals surface area contributed by atoms with Crippen molar-refractivity contribution >= 4 is 12.4 Å². The third-order valence-electron chi connectivity index (χ3n) is 0.667. The number of hydrogen-bond donors (Lipinski definition) is 0. The van der Waals surface area contributed by atoms with Crippen LogP contribution in [0.5, 0.6) is 0 Å². The van der Waals surface area contributed by atoms with E-state index in [0.717, 1.165) is 0 Å². The predicted molar refractivity (Wildman–Crippen MR) is 37.3 cm³/mol. The Morgan fingerprint density at radius 2 is 0.625 bits per heavy atom. The number of benzene rings is 1. The Labute approximate surface area is 55.1 Å². The summed E-state index contributed by atoms with van der Waals surface area (Å²) in [6, 6.07) is 12.0. The van der Waals surface area contributed by atoms with Crippen LogP contribution in [-0.2, 0) is 0 Å². The molecule has 0 aliphatic carbocycles. The highest BCUT2D eigenvalue weighted by molar-refractivity contribution is 5.85. The smallest absolute Gasteiger partial charge is 0.0623 e. The number of rotatable bonds is 0. The molecule has 0 aliphatic rings. The zero-order valence-corrected chi connectivity index (χ0v) is 5.19. The molecule has 8 heavy (non-hydrogen) atoms. The first kappa shape index (κ1) is 10.5. The molecule has 0 bridgehead atoms. The zero-order valence-electron chi connectivity index (χ0n) is 4.37. The van der Waals surface area contributed by atoms with E-state index in [0.29, 0.717) is 0 Å². The second-order valence-corrected chi connectivity index (χ2v) is 1.15.